The van der Waals surface area contributed by atoms with Gasteiger partial charge in [0.1, 0.15) is 0 Å². The highest BCUT2D eigenvalue weighted by atomic mass is 16.4. The summed E-state index contributed by atoms with van der Waals surface area (Å²) in [6.45, 7) is 6.17. The molecule has 0 rings (SSSR count). The van der Waals surface area contributed by atoms with E-state index in [1.165, 1.54) is 0 Å². The van der Waals surface area contributed by atoms with Gasteiger partial charge in [0.25, 0.3) is 0 Å². The van der Waals surface area contributed by atoms with Crippen LogP contribution in [0.1, 0.15) is 59.3 Å². The first-order valence-corrected chi connectivity index (χ1v) is 6.16. The molecule has 0 unspecified atom stereocenters. The first kappa shape index (κ1) is 14.9. The molecule has 0 aliphatic carbocycles. The Morgan fingerprint density at radius 1 is 0.875 bits per heavy atom. The molecule has 0 aromatic rings. The van der Waals surface area contributed by atoms with Crippen molar-refractivity contribution in [2.45, 2.75) is 59.3 Å². The SMILES string of the molecule is CCC/C(=N\O)C(CCC)/C(CCC)=N/O. The minimum absolute atomic E-state index is 0.0000926. The van der Waals surface area contributed by atoms with Crippen LogP contribution in [0.4, 0.5) is 0 Å². The lowest BCUT2D eigenvalue weighted by Crippen LogP contribution is -2.24. The third-order valence-corrected chi connectivity index (χ3v) is 2.65. The minimum Gasteiger partial charge on any atom is -0.411 e. The first-order valence-electron chi connectivity index (χ1n) is 6.16. The van der Waals surface area contributed by atoms with E-state index in [1.54, 1.807) is 0 Å². The van der Waals surface area contributed by atoms with Crippen molar-refractivity contribution in [2.24, 2.45) is 16.2 Å². The molecule has 4 nitrogen and oxygen atoms in total. The quantitative estimate of drug-likeness (QED) is 0.378. The molecule has 0 aromatic carbocycles. The van der Waals surface area contributed by atoms with Gasteiger partial charge < -0.3 is 10.4 Å². The topological polar surface area (TPSA) is 65.2 Å². The van der Waals surface area contributed by atoms with E-state index in [-0.39, 0.29) is 5.92 Å². The molecule has 0 fully saturated rings. The lowest BCUT2D eigenvalue weighted by molar-refractivity contribution is 0.308. The summed E-state index contributed by atoms with van der Waals surface area (Å²) in [5.74, 6) is -0.0000926. The van der Waals surface area contributed by atoms with Crippen LogP contribution in [0.3, 0.4) is 0 Å². The minimum atomic E-state index is -0.0000926. The Labute approximate surface area is 98.0 Å². The van der Waals surface area contributed by atoms with Crippen LogP contribution in [-0.4, -0.2) is 21.8 Å². The molecule has 0 amide bonds. The van der Waals surface area contributed by atoms with Gasteiger partial charge in [0.2, 0.25) is 0 Å². The smallest absolute Gasteiger partial charge is 0.0658 e. The normalized spacial score (nSPS) is 15.2. The Morgan fingerprint density at radius 3 is 1.56 bits per heavy atom. The number of oxime groups is 2. The molecule has 0 radical (unpaired) electrons. The summed E-state index contributed by atoms with van der Waals surface area (Å²) in [5, 5.41) is 24.8. The number of hydrogen-bond donors (Lipinski definition) is 2. The second-order valence-electron chi connectivity index (χ2n) is 4.02. The third kappa shape index (κ3) is 4.64. The highest BCUT2D eigenvalue weighted by Crippen LogP contribution is 2.17. The molecule has 0 saturated heterocycles. The molecule has 2 N–H and O–H groups in total. The maximum atomic E-state index is 9.02. The van der Waals surface area contributed by atoms with Crippen molar-refractivity contribution in [1.29, 1.82) is 0 Å². The molecule has 0 aliphatic rings. The molecule has 0 aliphatic heterocycles. The fraction of sp³-hybridized carbons (Fsp3) is 0.833. The predicted molar refractivity (Wildman–Crippen MR) is 66.7 cm³/mol. The third-order valence-electron chi connectivity index (χ3n) is 2.65. The maximum Gasteiger partial charge on any atom is 0.0658 e. The summed E-state index contributed by atoms with van der Waals surface area (Å²) in [6, 6.07) is 0. The number of rotatable bonds is 8. The molecule has 0 saturated carbocycles. The number of hydrogen-bond acceptors (Lipinski definition) is 4. The number of nitrogens with zero attached hydrogens (tertiary/aromatic N) is 2. The summed E-state index contributed by atoms with van der Waals surface area (Å²) in [6.07, 6.45) is 5.23. The summed E-state index contributed by atoms with van der Waals surface area (Å²) >= 11 is 0. The Balaban J connectivity index is 4.80. The van der Waals surface area contributed by atoms with Crippen molar-refractivity contribution >= 4 is 11.4 Å². The molecule has 94 valence electrons. The van der Waals surface area contributed by atoms with Crippen molar-refractivity contribution in [1.82, 2.24) is 0 Å². The highest BCUT2D eigenvalue weighted by molar-refractivity contribution is 6.07. The molecule has 16 heavy (non-hydrogen) atoms. The molecule has 0 atom stereocenters. The lowest BCUT2D eigenvalue weighted by atomic mass is 9.88. The summed E-state index contributed by atoms with van der Waals surface area (Å²) in [5.41, 5.74) is 1.48. The summed E-state index contributed by atoms with van der Waals surface area (Å²) in [4.78, 5) is 0. The Bertz CT molecular complexity index is 215. The maximum absolute atomic E-state index is 9.02. The van der Waals surface area contributed by atoms with Gasteiger partial charge in [-0.1, -0.05) is 50.3 Å². The molecular weight excluding hydrogens is 204 g/mol. The van der Waals surface area contributed by atoms with E-state index < -0.39 is 0 Å². The van der Waals surface area contributed by atoms with Gasteiger partial charge in [-0.25, -0.2) is 0 Å². The van der Waals surface area contributed by atoms with Crippen LogP contribution in [0.2, 0.25) is 0 Å². The van der Waals surface area contributed by atoms with Crippen LogP contribution in [-0.2, 0) is 0 Å². The zero-order valence-corrected chi connectivity index (χ0v) is 10.6. The Morgan fingerprint density at radius 2 is 1.31 bits per heavy atom. The van der Waals surface area contributed by atoms with Crippen LogP contribution in [0.15, 0.2) is 10.3 Å². The van der Waals surface area contributed by atoms with E-state index in [0.29, 0.717) is 0 Å². The first-order chi connectivity index (χ1) is 7.74. The standard InChI is InChI=1S/C12H24N2O2/c1-4-7-10(11(13-15)8-5-2)12(14-16)9-6-3/h10,15-16H,4-9H2,1-3H3/b13-11+,14-12+. The van der Waals surface area contributed by atoms with E-state index in [4.69, 9.17) is 10.4 Å². The second kappa shape index (κ2) is 9.19. The van der Waals surface area contributed by atoms with E-state index in [1.807, 2.05) is 13.8 Å². The van der Waals surface area contributed by atoms with Gasteiger partial charge in [0.15, 0.2) is 0 Å². The predicted octanol–water partition coefficient (Wildman–Crippen LogP) is 3.66. The van der Waals surface area contributed by atoms with Gasteiger partial charge in [-0.15, -0.1) is 0 Å². The summed E-state index contributed by atoms with van der Waals surface area (Å²) in [7, 11) is 0. The average Bonchev–Trinajstić information content (AvgIpc) is 2.31. The Hall–Kier alpha value is -1.06. The highest BCUT2D eigenvalue weighted by Gasteiger charge is 2.21. The van der Waals surface area contributed by atoms with Crippen LogP contribution >= 0.6 is 0 Å². The zero-order valence-electron chi connectivity index (χ0n) is 10.6. The van der Waals surface area contributed by atoms with E-state index in [9.17, 15) is 0 Å². The zero-order chi connectivity index (χ0) is 12.4. The molecule has 4 heteroatoms. The van der Waals surface area contributed by atoms with Crippen LogP contribution in [0, 0.1) is 5.92 Å². The fourth-order valence-electron chi connectivity index (χ4n) is 1.91. The van der Waals surface area contributed by atoms with Gasteiger partial charge >= 0.3 is 0 Å². The van der Waals surface area contributed by atoms with Gasteiger partial charge in [-0.2, -0.15) is 0 Å². The van der Waals surface area contributed by atoms with Gasteiger partial charge in [0, 0.05) is 5.92 Å². The monoisotopic (exact) mass is 228 g/mol. The van der Waals surface area contributed by atoms with Crippen molar-refractivity contribution in [3.63, 3.8) is 0 Å². The van der Waals surface area contributed by atoms with Crippen molar-refractivity contribution in [3.8, 4) is 0 Å². The summed E-state index contributed by atoms with van der Waals surface area (Å²) < 4.78 is 0. The molecule has 0 aromatic heterocycles. The Kier molecular flexibility index (Phi) is 8.58. The molecule has 0 heterocycles. The fourth-order valence-corrected chi connectivity index (χ4v) is 1.91. The van der Waals surface area contributed by atoms with E-state index in [2.05, 4.69) is 17.2 Å². The van der Waals surface area contributed by atoms with Gasteiger partial charge in [-0.05, 0) is 19.3 Å². The van der Waals surface area contributed by atoms with E-state index >= 15 is 0 Å². The van der Waals surface area contributed by atoms with Crippen molar-refractivity contribution in [3.05, 3.63) is 0 Å². The second-order valence-corrected chi connectivity index (χ2v) is 4.02. The molecular formula is C12H24N2O2. The molecule has 0 bridgehead atoms. The van der Waals surface area contributed by atoms with Crippen LogP contribution in [0.5, 0.6) is 0 Å². The van der Waals surface area contributed by atoms with Crippen LogP contribution < -0.4 is 0 Å². The van der Waals surface area contributed by atoms with E-state index in [0.717, 1.165) is 49.9 Å². The van der Waals surface area contributed by atoms with Gasteiger partial charge in [-0.3, -0.25) is 0 Å². The van der Waals surface area contributed by atoms with Crippen LogP contribution in [0.25, 0.3) is 0 Å². The van der Waals surface area contributed by atoms with Crippen molar-refractivity contribution in [2.75, 3.05) is 0 Å². The van der Waals surface area contributed by atoms with Crippen molar-refractivity contribution < 1.29 is 10.4 Å². The largest absolute Gasteiger partial charge is 0.411 e. The van der Waals surface area contributed by atoms with Gasteiger partial charge in [0.05, 0.1) is 11.4 Å². The average molecular weight is 228 g/mol. The lowest BCUT2D eigenvalue weighted by Gasteiger charge is -2.18. The molecule has 0 spiro atoms.